The number of methoxy groups -OCH3 is 1. The Kier molecular flexibility index (Phi) is 5.03. The molecule has 8 heteroatoms. The Morgan fingerprint density at radius 1 is 1.27 bits per heavy atom. The van der Waals surface area contributed by atoms with E-state index < -0.39 is 25.8 Å². The summed E-state index contributed by atoms with van der Waals surface area (Å²) in [6, 6.07) is 8.78. The molecule has 0 aliphatic carbocycles. The van der Waals surface area contributed by atoms with E-state index in [9.17, 15) is 20.0 Å². The molecule has 0 radical (unpaired) electrons. The molecule has 0 fully saturated rings. The van der Waals surface area contributed by atoms with Crippen molar-refractivity contribution < 1.29 is 19.6 Å². The number of nitrogens with zero attached hydrogens (tertiary/aromatic N) is 1. The van der Waals surface area contributed by atoms with Crippen LogP contribution in [0.1, 0.15) is 10.4 Å². The number of carboxylic acids is 1. The van der Waals surface area contributed by atoms with Crippen molar-refractivity contribution in [2.24, 2.45) is 0 Å². The minimum atomic E-state index is -1.09. The zero-order valence-corrected chi connectivity index (χ0v) is 13.7. The summed E-state index contributed by atoms with van der Waals surface area (Å²) in [5.41, 5.74) is 0.0126. The van der Waals surface area contributed by atoms with Crippen LogP contribution in [0.15, 0.2) is 36.4 Å². The zero-order chi connectivity index (χ0) is 16.3. The normalized spacial score (nSPS) is 10.3. The first-order valence-corrected chi connectivity index (χ1v) is 8.04. The average Bonchev–Trinajstić information content (AvgIpc) is 2.46. The Hall–Kier alpha value is -2.08. The second-order valence-corrected chi connectivity index (χ2v) is 6.85. The Morgan fingerprint density at radius 2 is 2.00 bits per heavy atom. The van der Waals surface area contributed by atoms with Gasteiger partial charge in [0.2, 0.25) is 0 Å². The van der Waals surface area contributed by atoms with Crippen molar-refractivity contribution >= 4 is 47.1 Å². The molecule has 0 spiro atoms. The number of aromatic carboxylic acids is 1. The molecule has 2 aromatic carbocycles. The number of benzene rings is 2. The Labute approximate surface area is 137 Å². The number of carbonyl (C=O) groups is 1. The summed E-state index contributed by atoms with van der Waals surface area (Å²) in [5, 5.41) is 20.7. The molecular formula is C14H10ClNO5Se. The number of ether oxygens (including phenoxy) is 1. The summed E-state index contributed by atoms with van der Waals surface area (Å²) in [4.78, 5) is 21.9. The first-order valence-electron chi connectivity index (χ1n) is 5.95. The molecule has 0 heterocycles. The van der Waals surface area contributed by atoms with E-state index in [0.717, 1.165) is 0 Å². The van der Waals surface area contributed by atoms with Crippen LogP contribution in [-0.4, -0.2) is 38.1 Å². The number of carboxylic acid groups (broad SMARTS) is 1. The second kappa shape index (κ2) is 6.79. The van der Waals surface area contributed by atoms with Crippen molar-refractivity contribution in [1.29, 1.82) is 0 Å². The molecule has 0 atom stereocenters. The zero-order valence-electron chi connectivity index (χ0n) is 11.3. The monoisotopic (exact) mass is 387 g/mol. The van der Waals surface area contributed by atoms with E-state index >= 15 is 0 Å². The van der Waals surface area contributed by atoms with Crippen molar-refractivity contribution in [3.63, 3.8) is 0 Å². The SMILES string of the molecule is COc1ccc(C(=O)O)c([Se]c2cc(Cl)ccc2[N+](=O)[O-])c1. The van der Waals surface area contributed by atoms with Gasteiger partial charge in [0.15, 0.2) is 0 Å². The van der Waals surface area contributed by atoms with Gasteiger partial charge in [0, 0.05) is 0 Å². The number of nitro groups is 1. The molecule has 0 aromatic heterocycles. The molecule has 0 aliphatic rings. The van der Waals surface area contributed by atoms with Crippen molar-refractivity contribution in [2.45, 2.75) is 0 Å². The third kappa shape index (κ3) is 3.57. The van der Waals surface area contributed by atoms with Crippen molar-refractivity contribution in [1.82, 2.24) is 0 Å². The molecule has 0 unspecified atom stereocenters. The molecule has 0 bridgehead atoms. The standard InChI is InChI=1S/C14H10ClNO5Se/c1-21-9-3-4-10(14(17)18)12(7-9)22-13-6-8(15)2-5-11(13)16(19)20/h2-7H,1H3,(H,17,18). The number of halogens is 1. The molecular weight excluding hydrogens is 377 g/mol. The number of rotatable bonds is 5. The van der Waals surface area contributed by atoms with Gasteiger partial charge in [-0.15, -0.1) is 0 Å². The van der Waals surface area contributed by atoms with Gasteiger partial charge in [-0.2, -0.15) is 0 Å². The molecule has 1 N–H and O–H groups in total. The fourth-order valence-electron chi connectivity index (χ4n) is 1.73. The van der Waals surface area contributed by atoms with Crippen LogP contribution in [-0.2, 0) is 0 Å². The number of hydrogen-bond donors (Lipinski definition) is 1. The summed E-state index contributed by atoms with van der Waals surface area (Å²) < 4.78 is 5.97. The molecule has 114 valence electrons. The summed E-state index contributed by atoms with van der Waals surface area (Å²) in [6.45, 7) is 0. The van der Waals surface area contributed by atoms with Crippen LogP contribution in [0, 0.1) is 10.1 Å². The maximum atomic E-state index is 11.3. The fourth-order valence-corrected chi connectivity index (χ4v) is 4.38. The van der Waals surface area contributed by atoms with Crippen LogP contribution in [0.4, 0.5) is 5.69 Å². The summed E-state index contributed by atoms with van der Waals surface area (Å²) >= 11 is 5.29. The van der Waals surface area contributed by atoms with Gasteiger partial charge in [0.1, 0.15) is 0 Å². The predicted molar refractivity (Wildman–Crippen MR) is 83.1 cm³/mol. The topological polar surface area (TPSA) is 89.7 Å². The van der Waals surface area contributed by atoms with E-state index in [4.69, 9.17) is 16.3 Å². The van der Waals surface area contributed by atoms with Gasteiger partial charge < -0.3 is 0 Å². The summed E-state index contributed by atoms with van der Waals surface area (Å²) in [5.74, 6) is -0.601. The van der Waals surface area contributed by atoms with Crippen LogP contribution >= 0.6 is 11.6 Å². The molecule has 0 saturated heterocycles. The van der Waals surface area contributed by atoms with Crippen LogP contribution < -0.4 is 13.7 Å². The van der Waals surface area contributed by atoms with Crippen LogP contribution in [0.25, 0.3) is 0 Å². The van der Waals surface area contributed by atoms with E-state index in [1.54, 1.807) is 6.07 Å². The average molecular weight is 387 g/mol. The Bertz CT molecular complexity index is 750. The minimum absolute atomic E-state index is 0.0800. The summed E-state index contributed by atoms with van der Waals surface area (Å²) in [7, 11) is 1.47. The van der Waals surface area contributed by atoms with E-state index in [0.29, 0.717) is 19.7 Å². The van der Waals surface area contributed by atoms with Crippen molar-refractivity contribution in [3.05, 3.63) is 57.1 Å². The van der Waals surface area contributed by atoms with E-state index in [1.807, 2.05) is 0 Å². The third-order valence-electron chi connectivity index (χ3n) is 2.76. The van der Waals surface area contributed by atoms with Gasteiger partial charge >= 0.3 is 137 Å². The molecule has 6 nitrogen and oxygen atoms in total. The Balaban J connectivity index is 2.52. The Morgan fingerprint density at radius 3 is 2.59 bits per heavy atom. The quantitative estimate of drug-likeness (QED) is 0.479. The van der Waals surface area contributed by atoms with Crippen LogP contribution in [0.2, 0.25) is 5.02 Å². The van der Waals surface area contributed by atoms with Crippen molar-refractivity contribution in [2.75, 3.05) is 7.11 Å². The van der Waals surface area contributed by atoms with E-state index in [1.165, 1.54) is 37.4 Å². The van der Waals surface area contributed by atoms with Crippen LogP contribution in [0.5, 0.6) is 5.75 Å². The molecule has 2 aromatic rings. The second-order valence-electron chi connectivity index (χ2n) is 4.14. The number of hydrogen-bond acceptors (Lipinski definition) is 4. The molecule has 0 saturated carbocycles. The maximum absolute atomic E-state index is 11.3. The first-order chi connectivity index (χ1) is 10.4. The van der Waals surface area contributed by atoms with Gasteiger partial charge in [0.25, 0.3) is 0 Å². The van der Waals surface area contributed by atoms with E-state index in [2.05, 4.69) is 0 Å². The first kappa shape index (κ1) is 16.3. The van der Waals surface area contributed by atoms with Gasteiger partial charge in [-0.05, 0) is 0 Å². The summed E-state index contributed by atoms with van der Waals surface area (Å²) in [6.07, 6.45) is 0. The molecule has 2 rings (SSSR count). The predicted octanol–water partition coefficient (Wildman–Crippen LogP) is 1.61. The van der Waals surface area contributed by atoms with Gasteiger partial charge in [-0.3, -0.25) is 0 Å². The van der Waals surface area contributed by atoms with Gasteiger partial charge in [-0.25, -0.2) is 0 Å². The van der Waals surface area contributed by atoms with Crippen molar-refractivity contribution in [3.8, 4) is 5.75 Å². The molecule has 0 aliphatic heterocycles. The molecule has 22 heavy (non-hydrogen) atoms. The van der Waals surface area contributed by atoms with Gasteiger partial charge in [0.05, 0.1) is 0 Å². The number of nitro benzene ring substituents is 1. The van der Waals surface area contributed by atoms with Gasteiger partial charge in [-0.1, -0.05) is 0 Å². The third-order valence-corrected chi connectivity index (χ3v) is 5.31. The molecule has 0 amide bonds. The fraction of sp³-hybridized carbons (Fsp3) is 0.0714. The van der Waals surface area contributed by atoms with E-state index in [-0.39, 0.29) is 11.3 Å². The van der Waals surface area contributed by atoms with Crippen LogP contribution in [0.3, 0.4) is 0 Å².